The van der Waals surface area contributed by atoms with Crippen molar-refractivity contribution in [2.45, 2.75) is 0 Å². The summed E-state index contributed by atoms with van der Waals surface area (Å²) in [5, 5.41) is 19.0. The molecule has 0 fully saturated rings. The molecule has 10 heteroatoms. The number of para-hydroxylation sites is 1. The Hall–Kier alpha value is -1.50. The topological polar surface area (TPSA) is 146 Å². The van der Waals surface area contributed by atoms with E-state index in [0.717, 1.165) is 15.9 Å². The van der Waals surface area contributed by atoms with Gasteiger partial charge in [-0.2, -0.15) is 0 Å². The molecule has 1 heterocycles. The van der Waals surface area contributed by atoms with E-state index in [9.17, 15) is 0 Å². The molecule has 0 aliphatic rings. The van der Waals surface area contributed by atoms with Crippen LogP contribution in [0.5, 0.6) is 0 Å². The molecule has 1 aromatic heterocycles. The first kappa shape index (κ1) is 26.4. The van der Waals surface area contributed by atoms with Crippen LogP contribution in [-0.4, -0.2) is 10.1 Å². The molecule has 0 spiro atoms. The van der Waals surface area contributed by atoms with Gasteiger partial charge in [0.15, 0.2) is 0 Å². The van der Waals surface area contributed by atoms with Gasteiger partial charge in [0.2, 0.25) is 0 Å². The number of rotatable bonds is 0. The van der Waals surface area contributed by atoms with Gasteiger partial charge >= 0.3 is 21.1 Å². The summed E-state index contributed by atoms with van der Waals surface area (Å²) in [6.07, 6.45) is 1.86. The molecular formula is C13H12Cl2N4O3Pt. The molecule has 0 saturated heterocycles. The van der Waals surface area contributed by atoms with Crippen LogP contribution in [0.15, 0.2) is 48.7 Å². The fourth-order valence-corrected chi connectivity index (χ4v) is 2.02. The molecule has 23 heavy (non-hydrogen) atoms. The Morgan fingerprint density at radius 3 is 2.17 bits per heavy atom. The van der Waals surface area contributed by atoms with Gasteiger partial charge in [0.05, 0.1) is 10.6 Å². The van der Waals surface area contributed by atoms with E-state index in [0.29, 0.717) is 0 Å². The number of nitrogens with two attached hydrogens (primary N) is 2. The van der Waals surface area contributed by atoms with Gasteiger partial charge in [-0.15, -0.1) is 0 Å². The average Bonchev–Trinajstić information content (AvgIpc) is 2.37. The van der Waals surface area contributed by atoms with Crippen LogP contribution in [-0.2, 0) is 21.1 Å². The number of benzene rings is 2. The Morgan fingerprint density at radius 2 is 1.57 bits per heavy atom. The van der Waals surface area contributed by atoms with Crippen molar-refractivity contribution < 1.29 is 38.6 Å². The van der Waals surface area contributed by atoms with Gasteiger partial charge in [0, 0.05) is 22.0 Å². The first-order chi connectivity index (χ1) is 9.08. The third-order valence-electron chi connectivity index (χ3n) is 2.55. The van der Waals surface area contributed by atoms with Crippen LogP contribution in [0.1, 0.15) is 0 Å². The zero-order valence-corrected chi connectivity index (χ0v) is 15.2. The van der Waals surface area contributed by atoms with E-state index in [-0.39, 0.29) is 45.8 Å². The number of halogens is 2. The molecule has 2 aromatic carbocycles. The molecule has 3 aromatic rings. The quantitative estimate of drug-likeness (QED) is 0.245. The van der Waals surface area contributed by atoms with Crippen molar-refractivity contribution in [2.75, 3.05) is 0 Å². The van der Waals surface area contributed by atoms with E-state index in [1.54, 1.807) is 0 Å². The van der Waals surface area contributed by atoms with Crippen molar-refractivity contribution in [3.8, 4) is 0 Å². The fraction of sp³-hybridized carbons (Fsp3) is 0. The number of fused-ring (bicyclic) bond motifs is 3. The number of pyridine rings is 1. The van der Waals surface area contributed by atoms with E-state index in [1.165, 1.54) is 10.8 Å². The number of hydrogen-bond acceptors (Lipinski definition) is 4. The summed E-state index contributed by atoms with van der Waals surface area (Å²) in [5.41, 5.74) is 1.02. The number of nitrogens with zero attached hydrogens (tertiary/aromatic N) is 2. The van der Waals surface area contributed by atoms with Gasteiger partial charge < -0.3 is 40.0 Å². The molecule has 7 nitrogen and oxygen atoms in total. The van der Waals surface area contributed by atoms with Crippen LogP contribution < -0.4 is 12.4 Å². The Kier molecular flexibility index (Phi) is 13.8. The molecule has 4 N–H and O–H groups in total. The molecule has 0 saturated carbocycles. The third kappa shape index (κ3) is 7.07. The summed E-state index contributed by atoms with van der Waals surface area (Å²) in [7, 11) is 0. The number of aromatic nitrogens is 1. The molecule has 3 rings (SSSR count). The van der Waals surface area contributed by atoms with Crippen molar-refractivity contribution in [1.29, 1.82) is 0 Å². The largest absolute Gasteiger partial charge is 4.00 e. The Morgan fingerprint density at radius 1 is 1.00 bits per heavy atom. The van der Waals surface area contributed by atoms with Gasteiger partial charge in [0.1, 0.15) is 0 Å². The predicted molar refractivity (Wildman–Crippen MR) is 85.2 cm³/mol. The van der Waals surface area contributed by atoms with Crippen LogP contribution >= 0.6 is 11.6 Å². The molecule has 0 radical (unpaired) electrons. The standard InChI is InChI=1S/C13H8ClN.ClH.NO3.2H2N.Pt/c14-10-5-6-11-9(7-10)8-15-13-4-2-1-3-12(11)13;;2-1(3)4;;;/h1-8H;1H;;2*1H2;/q;;3*-1;+4/p-1. The fourth-order valence-electron chi connectivity index (χ4n) is 1.84. The zero-order valence-electron chi connectivity index (χ0n) is 11.5. The molecule has 0 aliphatic heterocycles. The van der Waals surface area contributed by atoms with Crippen LogP contribution in [0.2, 0.25) is 5.02 Å². The molecule has 0 atom stereocenters. The van der Waals surface area contributed by atoms with Gasteiger partial charge in [-0.3, -0.25) is 4.98 Å². The summed E-state index contributed by atoms with van der Waals surface area (Å²) < 4.78 is 0. The Balaban J connectivity index is -0.000000457. The monoisotopic (exact) mass is 537 g/mol. The maximum Gasteiger partial charge on any atom is 4.00 e. The molecular weight excluding hydrogens is 526 g/mol. The van der Waals surface area contributed by atoms with E-state index in [2.05, 4.69) is 11.1 Å². The maximum atomic E-state index is 8.25. The molecule has 0 aliphatic carbocycles. The van der Waals surface area contributed by atoms with Crippen LogP contribution in [0.3, 0.4) is 0 Å². The smallest absolute Gasteiger partial charge is 1.00 e. The van der Waals surface area contributed by atoms with E-state index in [1.807, 2.05) is 42.6 Å². The van der Waals surface area contributed by atoms with Gasteiger partial charge in [-0.25, -0.2) is 0 Å². The van der Waals surface area contributed by atoms with E-state index in [4.69, 9.17) is 26.9 Å². The van der Waals surface area contributed by atoms with Crippen molar-refractivity contribution in [2.24, 2.45) is 0 Å². The van der Waals surface area contributed by atoms with E-state index < -0.39 is 5.09 Å². The molecule has 0 unspecified atom stereocenters. The summed E-state index contributed by atoms with van der Waals surface area (Å²) in [5.74, 6) is 0. The second kappa shape index (κ2) is 12.0. The van der Waals surface area contributed by atoms with Crippen molar-refractivity contribution in [3.63, 3.8) is 0 Å². The first-order valence-corrected chi connectivity index (χ1v) is 5.70. The summed E-state index contributed by atoms with van der Waals surface area (Å²) in [6.45, 7) is 0. The van der Waals surface area contributed by atoms with Crippen LogP contribution in [0.25, 0.3) is 34.0 Å². The zero-order chi connectivity index (χ0) is 13.8. The van der Waals surface area contributed by atoms with Crippen molar-refractivity contribution in [3.05, 3.63) is 81.3 Å². The SMILES string of the molecule is Clc1ccc2c(cnc3ccccc32)c1.O=[N+]([O-])[O-].[Cl-].[NH2-].[NH2-].[Pt+4]. The Bertz CT molecular complexity index is 757. The summed E-state index contributed by atoms with van der Waals surface area (Å²) in [6, 6.07) is 14.0. The summed E-state index contributed by atoms with van der Waals surface area (Å²) in [4.78, 5) is 12.6. The first-order valence-electron chi connectivity index (χ1n) is 5.32. The average molecular weight is 538 g/mol. The molecule has 0 bridgehead atoms. The minimum Gasteiger partial charge on any atom is -1.00 e. The predicted octanol–water partition coefficient (Wildman–Crippen LogP) is 2.24. The van der Waals surface area contributed by atoms with Crippen molar-refractivity contribution >= 4 is 33.3 Å². The van der Waals surface area contributed by atoms with Crippen molar-refractivity contribution in [1.82, 2.24) is 4.98 Å². The van der Waals surface area contributed by atoms with Gasteiger partial charge in [-0.05, 0) is 23.6 Å². The second-order valence-electron chi connectivity index (χ2n) is 3.73. The minimum absolute atomic E-state index is 0. The summed E-state index contributed by atoms with van der Waals surface area (Å²) >= 11 is 5.94. The molecule has 126 valence electrons. The van der Waals surface area contributed by atoms with Gasteiger partial charge in [-0.1, -0.05) is 35.9 Å². The van der Waals surface area contributed by atoms with Crippen LogP contribution in [0, 0.1) is 15.3 Å². The minimum atomic E-state index is -1.75. The number of hydrogen-bond donors (Lipinski definition) is 0. The van der Waals surface area contributed by atoms with E-state index >= 15 is 0 Å². The van der Waals surface area contributed by atoms with Crippen LogP contribution in [0.4, 0.5) is 0 Å². The third-order valence-corrected chi connectivity index (χ3v) is 2.79. The maximum absolute atomic E-state index is 8.25. The normalized spacial score (nSPS) is 8.22. The molecule has 0 amide bonds. The van der Waals surface area contributed by atoms with Gasteiger partial charge in [0.25, 0.3) is 0 Å². The second-order valence-corrected chi connectivity index (χ2v) is 4.17. The Labute approximate surface area is 158 Å².